The van der Waals surface area contributed by atoms with Gasteiger partial charge < -0.3 is 9.47 Å². The van der Waals surface area contributed by atoms with Crippen LogP contribution in [0.1, 0.15) is 6.92 Å². The minimum Gasteiger partial charge on any atom is -0.370 e. The number of rotatable bonds is 7. The summed E-state index contributed by atoms with van der Waals surface area (Å²) in [6.45, 7) is -0.774. The molecule has 0 N–H and O–H groups in total. The molecule has 0 spiro atoms. The van der Waals surface area contributed by atoms with Gasteiger partial charge >= 0.3 is 0 Å². The molecule has 80 valence electrons. The first-order chi connectivity index (χ1) is 6.06. The predicted molar refractivity (Wildman–Crippen MR) is 38.2 cm³/mol. The molecule has 0 heterocycles. The van der Waals surface area contributed by atoms with E-state index in [0.29, 0.717) is 0 Å². The summed E-state index contributed by atoms with van der Waals surface area (Å²) in [6, 6.07) is 0. The highest BCUT2D eigenvalue weighted by molar-refractivity contribution is 4.49. The highest BCUT2D eigenvalue weighted by atomic mass is 19.3. The molecule has 0 aliphatic rings. The van der Waals surface area contributed by atoms with Crippen LogP contribution in [0, 0.1) is 0 Å². The minimum atomic E-state index is -2.57. The Labute approximate surface area is 73.8 Å². The second-order valence-electron chi connectivity index (χ2n) is 2.43. The quantitative estimate of drug-likeness (QED) is 0.590. The smallest absolute Gasteiger partial charge is 0.261 e. The van der Waals surface area contributed by atoms with E-state index in [9.17, 15) is 17.6 Å². The van der Waals surface area contributed by atoms with Crippen LogP contribution >= 0.6 is 0 Å². The van der Waals surface area contributed by atoms with Gasteiger partial charge in [0, 0.05) is 0 Å². The van der Waals surface area contributed by atoms with Crippen LogP contribution in [0.15, 0.2) is 0 Å². The summed E-state index contributed by atoms with van der Waals surface area (Å²) in [5.41, 5.74) is 0. The lowest BCUT2D eigenvalue weighted by Gasteiger charge is -2.13. The molecule has 0 aliphatic heterocycles. The molecule has 0 rings (SSSR count). The molecule has 0 aromatic carbocycles. The van der Waals surface area contributed by atoms with E-state index in [1.165, 1.54) is 6.92 Å². The summed E-state index contributed by atoms with van der Waals surface area (Å²) in [6.07, 6.45) is -5.24. The van der Waals surface area contributed by atoms with Crippen LogP contribution in [0.3, 0.4) is 0 Å². The van der Waals surface area contributed by atoms with Gasteiger partial charge in [0.1, 0.15) is 13.3 Å². The van der Waals surface area contributed by atoms with Crippen LogP contribution < -0.4 is 0 Å². The first kappa shape index (κ1) is 12.6. The van der Waals surface area contributed by atoms with Crippen molar-refractivity contribution in [2.24, 2.45) is 0 Å². The van der Waals surface area contributed by atoms with Crippen LogP contribution in [0.2, 0.25) is 0 Å². The van der Waals surface area contributed by atoms with Gasteiger partial charge in [-0.25, -0.2) is 17.6 Å². The van der Waals surface area contributed by atoms with Crippen molar-refractivity contribution in [1.29, 1.82) is 0 Å². The Bertz CT molecular complexity index is 123. The first-order valence-corrected chi connectivity index (χ1v) is 3.77. The van der Waals surface area contributed by atoms with Crippen molar-refractivity contribution in [3.05, 3.63) is 0 Å². The number of hydrogen-bond donors (Lipinski definition) is 0. The molecule has 0 saturated heterocycles. The van der Waals surface area contributed by atoms with E-state index in [2.05, 4.69) is 9.47 Å². The topological polar surface area (TPSA) is 18.5 Å². The van der Waals surface area contributed by atoms with Gasteiger partial charge in [-0.05, 0) is 6.92 Å². The molecule has 0 bridgehead atoms. The van der Waals surface area contributed by atoms with Crippen molar-refractivity contribution < 1.29 is 27.0 Å². The Kier molecular flexibility index (Phi) is 6.89. The van der Waals surface area contributed by atoms with Crippen LogP contribution in [0.4, 0.5) is 17.6 Å². The zero-order valence-corrected chi connectivity index (χ0v) is 7.18. The van der Waals surface area contributed by atoms with E-state index in [0.717, 1.165) is 0 Å². The summed E-state index contributed by atoms with van der Waals surface area (Å²) < 4.78 is 55.5. The molecule has 2 nitrogen and oxygen atoms in total. The summed E-state index contributed by atoms with van der Waals surface area (Å²) in [5, 5.41) is 0. The third-order valence-electron chi connectivity index (χ3n) is 1.14. The summed E-state index contributed by atoms with van der Waals surface area (Å²) in [5.74, 6) is 0. The van der Waals surface area contributed by atoms with E-state index in [-0.39, 0.29) is 6.61 Å². The molecule has 0 fully saturated rings. The fourth-order valence-corrected chi connectivity index (χ4v) is 0.570. The molecule has 0 radical (unpaired) electrons. The molecule has 0 aromatic heterocycles. The number of alkyl halides is 4. The number of halogens is 4. The first-order valence-electron chi connectivity index (χ1n) is 3.77. The van der Waals surface area contributed by atoms with Crippen molar-refractivity contribution in [3.8, 4) is 0 Å². The van der Waals surface area contributed by atoms with Gasteiger partial charge in [-0.15, -0.1) is 0 Å². The molecule has 2 atom stereocenters. The van der Waals surface area contributed by atoms with Crippen molar-refractivity contribution >= 4 is 0 Å². The van der Waals surface area contributed by atoms with E-state index < -0.39 is 32.2 Å². The fraction of sp³-hybridized carbons (Fsp3) is 1.00. The molecule has 2 unspecified atom stereocenters. The molecular weight excluding hydrogens is 192 g/mol. The van der Waals surface area contributed by atoms with Crippen LogP contribution in [0.5, 0.6) is 0 Å². The average Bonchev–Trinajstić information content (AvgIpc) is 2.10. The lowest BCUT2D eigenvalue weighted by Crippen LogP contribution is -2.22. The lowest BCUT2D eigenvalue weighted by molar-refractivity contribution is -0.105. The Morgan fingerprint density at radius 3 is 2.15 bits per heavy atom. The standard InChI is InChI=1S/C7H12F4O2/c1-5(12-4-6(9)10)3-13-7(11)2-8/h5-7H,2-4H2,1H3. The Balaban J connectivity index is 3.34. The van der Waals surface area contributed by atoms with Gasteiger partial charge in [-0.3, -0.25) is 0 Å². The SMILES string of the molecule is CC(COC(F)CF)OCC(F)F. The highest BCUT2D eigenvalue weighted by Crippen LogP contribution is 2.01. The molecular formula is C7H12F4O2. The Morgan fingerprint density at radius 2 is 1.69 bits per heavy atom. The Hall–Kier alpha value is -0.360. The zero-order chi connectivity index (χ0) is 10.3. The van der Waals surface area contributed by atoms with E-state index in [1.54, 1.807) is 0 Å². The Morgan fingerprint density at radius 1 is 1.08 bits per heavy atom. The minimum absolute atomic E-state index is 0.238. The second-order valence-corrected chi connectivity index (χ2v) is 2.43. The zero-order valence-electron chi connectivity index (χ0n) is 7.18. The molecule has 0 aliphatic carbocycles. The fourth-order valence-electron chi connectivity index (χ4n) is 0.570. The highest BCUT2D eigenvalue weighted by Gasteiger charge is 2.11. The predicted octanol–water partition coefficient (Wildman–Crippen LogP) is 1.94. The monoisotopic (exact) mass is 204 g/mol. The van der Waals surface area contributed by atoms with Crippen molar-refractivity contribution in [2.45, 2.75) is 25.8 Å². The average molecular weight is 204 g/mol. The van der Waals surface area contributed by atoms with Gasteiger partial charge in [-0.1, -0.05) is 0 Å². The lowest BCUT2D eigenvalue weighted by atomic mass is 10.4. The van der Waals surface area contributed by atoms with Gasteiger partial charge in [-0.2, -0.15) is 0 Å². The number of hydrogen-bond acceptors (Lipinski definition) is 2. The summed E-state index contributed by atoms with van der Waals surface area (Å²) in [4.78, 5) is 0. The van der Waals surface area contributed by atoms with Gasteiger partial charge in [0.25, 0.3) is 6.43 Å². The normalized spacial score (nSPS) is 16.2. The molecule has 13 heavy (non-hydrogen) atoms. The molecule has 0 amide bonds. The van der Waals surface area contributed by atoms with Gasteiger partial charge in [0.2, 0.25) is 6.36 Å². The summed E-state index contributed by atoms with van der Waals surface area (Å²) >= 11 is 0. The van der Waals surface area contributed by atoms with Crippen molar-refractivity contribution in [3.63, 3.8) is 0 Å². The van der Waals surface area contributed by atoms with E-state index in [1.807, 2.05) is 0 Å². The van der Waals surface area contributed by atoms with Crippen LogP contribution in [-0.4, -0.2) is 38.8 Å². The maximum atomic E-state index is 12.1. The second kappa shape index (κ2) is 7.08. The van der Waals surface area contributed by atoms with Crippen molar-refractivity contribution in [1.82, 2.24) is 0 Å². The third kappa shape index (κ3) is 7.98. The molecule has 6 heteroatoms. The molecule has 0 saturated carbocycles. The maximum Gasteiger partial charge on any atom is 0.261 e. The summed E-state index contributed by atoms with van der Waals surface area (Å²) in [7, 11) is 0. The number of ether oxygens (including phenoxy) is 2. The van der Waals surface area contributed by atoms with Gasteiger partial charge in [0.05, 0.1) is 12.7 Å². The largest absolute Gasteiger partial charge is 0.370 e. The van der Waals surface area contributed by atoms with Crippen LogP contribution in [0.25, 0.3) is 0 Å². The molecule has 0 aromatic rings. The third-order valence-corrected chi connectivity index (χ3v) is 1.14. The van der Waals surface area contributed by atoms with E-state index in [4.69, 9.17) is 0 Å². The maximum absolute atomic E-state index is 12.1. The van der Waals surface area contributed by atoms with E-state index >= 15 is 0 Å². The van der Waals surface area contributed by atoms with Crippen molar-refractivity contribution in [2.75, 3.05) is 19.9 Å². The van der Waals surface area contributed by atoms with Crippen LogP contribution in [-0.2, 0) is 9.47 Å². The van der Waals surface area contributed by atoms with Gasteiger partial charge in [0.15, 0.2) is 0 Å².